The zero-order valence-electron chi connectivity index (χ0n) is 28.9. The third-order valence-corrected chi connectivity index (χ3v) is 10.3. The van der Waals surface area contributed by atoms with Crippen molar-refractivity contribution in [3.63, 3.8) is 0 Å². The molecular weight excluding hydrogens is 597 g/mol. The van der Waals surface area contributed by atoms with Gasteiger partial charge in [-0.15, -0.1) is 0 Å². The molecule has 3 nitrogen and oxygen atoms in total. The Labute approximate surface area is 291 Å². The van der Waals surface area contributed by atoms with Crippen molar-refractivity contribution < 1.29 is 4.79 Å². The Morgan fingerprint density at radius 2 is 1.02 bits per heavy atom. The van der Waals surface area contributed by atoms with Crippen LogP contribution in [0.5, 0.6) is 0 Å². The molecule has 0 aliphatic carbocycles. The maximum absolute atomic E-state index is 13.2. The zero-order valence-corrected chi connectivity index (χ0v) is 28.9. The Balaban J connectivity index is 0.000000154. The number of hydrogen-bond donors (Lipinski definition) is 2. The lowest BCUT2D eigenvalue weighted by molar-refractivity contribution is -0.119. The Hall–Kier alpha value is -5.41. The fourth-order valence-corrected chi connectivity index (χ4v) is 7.95. The molecule has 3 heteroatoms. The van der Waals surface area contributed by atoms with Gasteiger partial charge in [0.1, 0.15) is 5.41 Å². The molecule has 6 aromatic rings. The molecule has 8 rings (SSSR count). The maximum Gasteiger partial charge on any atom is 0.239 e. The van der Waals surface area contributed by atoms with Gasteiger partial charge in [-0.05, 0) is 86.1 Å². The summed E-state index contributed by atoms with van der Waals surface area (Å²) in [5.41, 5.74) is 14.0. The topological polar surface area (TPSA) is 41.1 Å². The molecule has 0 fully saturated rings. The fraction of sp³-hybridized carbons (Fsp3) is 0.196. The minimum absolute atomic E-state index is 0.00356. The Kier molecular flexibility index (Phi) is 8.69. The fourth-order valence-electron chi connectivity index (χ4n) is 7.95. The van der Waals surface area contributed by atoms with Gasteiger partial charge in [-0.3, -0.25) is 4.79 Å². The van der Waals surface area contributed by atoms with Crippen molar-refractivity contribution in [2.45, 2.75) is 51.4 Å². The van der Waals surface area contributed by atoms with Crippen molar-refractivity contribution in [1.29, 1.82) is 0 Å². The molecule has 0 saturated carbocycles. The second-order valence-corrected chi connectivity index (χ2v) is 14.0. The smallest absolute Gasteiger partial charge is 0.239 e. The third kappa shape index (κ3) is 6.18. The predicted octanol–water partition coefficient (Wildman–Crippen LogP) is 10.0. The van der Waals surface area contributed by atoms with E-state index in [0.29, 0.717) is 6.42 Å². The highest BCUT2D eigenvalue weighted by molar-refractivity contribution is 6.09. The van der Waals surface area contributed by atoms with Gasteiger partial charge in [-0.2, -0.15) is 0 Å². The van der Waals surface area contributed by atoms with E-state index in [1.165, 1.54) is 50.2 Å². The monoisotopic (exact) mass is 640 g/mol. The van der Waals surface area contributed by atoms with Gasteiger partial charge < -0.3 is 10.6 Å². The quantitative estimate of drug-likeness (QED) is 0.190. The highest BCUT2D eigenvalue weighted by Gasteiger charge is 2.48. The van der Waals surface area contributed by atoms with Crippen LogP contribution in [0.3, 0.4) is 0 Å². The SMILES string of the molecule is Cc1cccc(CC2(c3cccc(C)c3)C(=O)Nc3ccccc32)c1.Cc1cccc(CC2(c3cccc(C)c3)CNc3ccccc32)c1. The molecular formula is C46H44N2O. The molecule has 2 N–H and O–H groups in total. The first-order valence-electron chi connectivity index (χ1n) is 17.3. The van der Waals surface area contributed by atoms with Crippen LogP contribution in [0.2, 0.25) is 0 Å². The average molecular weight is 641 g/mol. The Morgan fingerprint density at radius 3 is 1.65 bits per heavy atom. The van der Waals surface area contributed by atoms with Crippen LogP contribution in [0.25, 0.3) is 0 Å². The lowest BCUT2D eigenvalue weighted by atomic mass is 9.71. The van der Waals surface area contributed by atoms with Crippen LogP contribution in [0.1, 0.15) is 55.6 Å². The molecule has 0 radical (unpaired) electrons. The van der Waals surface area contributed by atoms with Crippen molar-refractivity contribution in [3.05, 3.63) is 201 Å². The van der Waals surface area contributed by atoms with Gasteiger partial charge in [0, 0.05) is 23.3 Å². The molecule has 2 unspecified atom stereocenters. The van der Waals surface area contributed by atoms with Crippen molar-refractivity contribution in [3.8, 4) is 0 Å². The Morgan fingerprint density at radius 1 is 0.510 bits per heavy atom. The normalized spacial score (nSPS) is 18.8. The van der Waals surface area contributed by atoms with Crippen LogP contribution < -0.4 is 10.6 Å². The first kappa shape index (κ1) is 32.2. The van der Waals surface area contributed by atoms with Crippen LogP contribution in [0.15, 0.2) is 146 Å². The molecule has 1 amide bonds. The molecule has 49 heavy (non-hydrogen) atoms. The molecule has 2 heterocycles. The first-order chi connectivity index (χ1) is 23.8. The van der Waals surface area contributed by atoms with Gasteiger partial charge in [-0.25, -0.2) is 0 Å². The van der Waals surface area contributed by atoms with E-state index >= 15 is 0 Å². The first-order valence-corrected chi connectivity index (χ1v) is 17.3. The minimum atomic E-state index is -0.684. The highest BCUT2D eigenvalue weighted by atomic mass is 16.2. The number of amides is 1. The summed E-state index contributed by atoms with van der Waals surface area (Å²) < 4.78 is 0. The second-order valence-electron chi connectivity index (χ2n) is 14.0. The summed E-state index contributed by atoms with van der Waals surface area (Å²) >= 11 is 0. The maximum atomic E-state index is 13.2. The van der Waals surface area contributed by atoms with Gasteiger partial charge in [0.2, 0.25) is 5.91 Å². The van der Waals surface area contributed by atoms with E-state index in [1.807, 2.05) is 24.3 Å². The summed E-state index contributed by atoms with van der Waals surface area (Å²) in [6, 6.07) is 51.5. The summed E-state index contributed by atoms with van der Waals surface area (Å²) in [5, 5.41) is 6.75. The van der Waals surface area contributed by atoms with Crippen LogP contribution in [-0.4, -0.2) is 12.5 Å². The van der Waals surface area contributed by atoms with Gasteiger partial charge in [0.15, 0.2) is 0 Å². The van der Waals surface area contributed by atoms with Crippen LogP contribution in [0.4, 0.5) is 11.4 Å². The van der Waals surface area contributed by atoms with E-state index in [2.05, 4.69) is 160 Å². The summed E-state index contributed by atoms with van der Waals surface area (Å²) in [7, 11) is 0. The number of aryl methyl sites for hydroxylation is 4. The standard InChI is InChI=1S/C23H21NO.C23H23N/c1-16-7-5-9-18(13-16)15-23(19-10-6-8-17(2)14-19)20-11-3-4-12-21(20)24-22(23)25;1-17-7-5-9-19(13-17)15-23(20-10-6-8-18(2)14-20)16-24-22-12-4-3-11-21(22)23/h3-14H,15H2,1-2H3,(H,24,25);3-14,24H,15-16H2,1-2H3. The van der Waals surface area contributed by atoms with Crippen LogP contribution in [0, 0.1) is 27.7 Å². The van der Waals surface area contributed by atoms with Gasteiger partial charge in [0.25, 0.3) is 0 Å². The zero-order chi connectivity index (χ0) is 34.0. The molecule has 244 valence electrons. The Bertz CT molecular complexity index is 2150. The largest absolute Gasteiger partial charge is 0.384 e. The number of para-hydroxylation sites is 2. The number of fused-ring (bicyclic) bond motifs is 2. The van der Waals surface area contributed by atoms with E-state index in [-0.39, 0.29) is 11.3 Å². The van der Waals surface area contributed by atoms with Crippen LogP contribution in [-0.2, 0) is 28.5 Å². The number of carbonyl (C=O) groups is 1. The summed E-state index contributed by atoms with van der Waals surface area (Å²) in [6.45, 7) is 9.46. The molecule has 0 aromatic heterocycles. The lowest BCUT2D eigenvalue weighted by Gasteiger charge is -2.31. The molecule has 0 saturated heterocycles. The third-order valence-electron chi connectivity index (χ3n) is 10.3. The molecule has 6 aromatic carbocycles. The summed E-state index contributed by atoms with van der Waals surface area (Å²) in [6.07, 6.45) is 1.67. The van der Waals surface area contributed by atoms with Crippen molar-refractivity contribution in [1.82, 2.24) is 0 Å². The molecule has 0 spiro atoms. The van der Waals surface area contributed by atoms with E-state index in [1.54, 1.807) is 0 Å². The molecule has 2 atom stereocenters. The van der Waals surface area contributed by atoms with Crippen molar-refractivity contribution in [2.24, 2.45) is 0 Å². The van der Waals surface area contributed by atoms with Crippen molar-refractivity contribution in [2.75, 3.05) is 17.2 Å². The number of nitrogens with one attached hydrogen (secondary N) is 2. The van der Waals surface area contributed by atoms with Gasteiger partial charge in [-0.1, -0.05) is 156 Å². The van der Waals surface area contributed by atoms with Crippen LogP contribution >= 0.6 is 0 Å². The minimum Gasteiger partial charge on any atom is -0.384 e. The van der Waals surface area contributed by atoms with E-state index < -0.39 is 5.41 Å². The summed E-state index contributed by atoms with van der Waals surface area (Å²) in [4.78, 5) is 13.2. The molecule has 2 aliphatic heterocycles. The summed E-state index contributed by atoms with van der Waals surface area (Å²) in [5.74, 6) is 0.0563. The molecule has 0 bridgehead atoms. The lowest BCUT2D eigenvalue weighted by Crippen LogP contribution is -2.38. The van der Waals surface area contributed by atoms with Gasteiger partial charge in [0.05, 0.1) is 0 Å². The number of hydrogen-bond acceptors (Lipinski definition) is 2. The van der Waals surface area contributed by atoms with Crippen molar-refractivity contribution >= 4 is 17.3 Å². The number of benzene rings is 6. The molecule has 2 aliphatic rings. The average Bonchev–Trinajstić information content (AvgIpc) is 3.61. The van der Waals surface area contributed by atoms with E-state index in [0.717, 1.165) is 29.8 Å². The predicted molar refractivity (Wildman–Crippen MR) is 204 cm³/mol. The number of carbonyl (C=O) groups excluding carboxylic acids is 1. The number of rotatable bonds is 6. The highest BCUT2D eigenvalue weighted by Crippen LogP contribution is 2.46. The van der Waals surface area contributed by atoms with E-state index in [4.69, 9.17) is 0 Å². The number of anilines is 2. The second kappa shape index (κ2) is 13.2. The van der Waals surface area contributed by atoms with Gasteiger partial charge >= 0.3 is 0 Å². The van der Waals surface area contributed by atoms with E-state index in [9.17, 15) is 4.79 Å².